The number of carbonyl (C=O) groups is 2. The number of nitrogens with two attached hydrogens (primary N) is 1. The van der Waals surface area contributed by atoms with Crippen molar-refractivity contribution in [2.45, 2.75) is 25.3 Å². The Labute approximate surface area is 139 Å². The topological polar surface area (TPSA) is 84.2 Å². The first kappa shape index (κ1) is 16.0. The van der Waals surface area contributed by atoms with Crippen LogP contribution in [0.25, 0.3) is 0 Å². The van der Waals surface area contributed by atoms with Crippen LogP contribution in [-0.2, 0) is 6.54 Å². The SMILES string of the molecule is NC(=O)c1cccc(CNC(=O)Nc2ccc(C3CC3)c(F)c2)c1. The molecule has 1 fully saturated rings. The zero-order valence-corrected chi connectivity index (χ0v) is 13.0. The number of halogens is 1. The first-order chi connectivity index (χ1) is 11.5. The minimum Gasteiger partial charge on any atom is -0.366 e. The molecule has 4 N–H and O–H groups in total. The standard InChI is InChI=1S/C18H18FN3O2/c19-16-9-14(6-7-15(16)12-4-5-12)22-18(24)21-10-11-2-1-3-13(8-11)17(20)23/h1-3,6-9,12H,4-5,10H2,(H2,20,23)(H2,21,22,24). The van der Waals surface area contributed by atoms with Gasteiger partial charge in [-0.05, 0) is 54.2 Å². The number of urea groups is 1. The van der Waals surface area contributed by atoms with E-state index in [-0.39, 0.29) is 12.4 Å². The van der Waals surface area contributed by atoms with Crippen LogP contribution in [0.3, 0.4) is 0 Å². The Morgan fingerprint density at radius 3 is 2.62 bits per heavy atom. The first-order valence-electron chi connectivity index (χ1n) is 7.76. The molecule has 0 saturated heterocycles. The van der Waals surface area contributed by atoms with E-state index < -0.39 is 11.9 Å². The van der Waals surface area contributed by atoms with Gasteiger partial charge in [0.15, 0.2) is 0 Å². The second kappa shape index (κ2) is 6.70. The summed E-state index contributed by atoms with van der Waals surface area (Å²) in [6, 6.07) is 11.0. The molecule has 2 aromatic carbocycles. The van der Waals surface area contributed by atoms with E-state index in [1.165, 1.54) is 6.07 Å². The molecule has 0 atom stereocenters. The van der Waals surface area contributed by atoms with E-state index in [1.807, 2.05) is 0 Å². The molecule has 0 aromatic heterocycles. The van der Waals surface area contributed by atoms with Gasteiger partial charge in [0.25, 0.3) is 0 Å². The van der Waals surface area contributed by atoms with Crippen molar-refractivity contribution < 1.29 is 14.0 Å². The average Bonchev–Trinajstić information content (AvgIpc) is 3.38. The Hall–Kier alpha value is -2.89. The lowest BCUT2D eigenvalue weighted by atomic mass is 10.1. The smallest absolute Gasteiger partial charge is 0.319 e. The third-order valence-corrected chi connectivity index (χ3v) is 3.94. The van der Waals surface area contributed by atoms with Gasteiger partial charge in [-0.1, -0.05) is 18.2 Å². The molecular weight excluding hydrogens is 309 g/mol. The molecule has 0 heterocycles. The zero-order valence-electron chi connectivity index (χ0n) is 13.0. The molecule has 1 aliphatic carbocycles. The number of hydrogen-bond acceptors (Lipinski definition) is 2. The fraction of sp³-hybridized carbons (Fsp3) is 0.222. The summed E-state index contributed by atoms with van der Waals surface area (Å²) in [5, 5.41) is 5.25. The van der Waals surface area contributed by atoms with Gasteiger partial charge in [-0.15, -0.1) is 0 Å². The largest absolute Gasteiger partial charge is 0.366 e. The molecule has 24 heavy (non-hydrogen) atoms. The Morgan fingerprint density at radius 1 is 1.17 bits per heavy atom. The summed E-state index contributed by atoms with van der Waals surface area (Å²) in [7, 11) is 0. The van der Waals surface area contributed by atoms with Crippen LogP contribution in [0.5, 0.6) is 0 Å². The van der Waals surface area contributed by atoms with E-state index in [1.54, 1.807) is 36.4 Å². The van der Waals surface area contributed by atoms with E-state index >= 15 is 0 Å². The fourth-order valence-electron chi connectivity index (χ4n) is 2.52. The third-order valence-electron chi connectivity index (χ3n) is 3.94. The molecule has 5 nitrogen and oxygen atoms in total. The summed E-state index contributed by atoms with van der Waals surface area (Å²) in [6.07, 6.45) is 2.04. The third kappa shape index (κ3) is 3.90. The number of primary amides is 1. The van der Waals surface area contributed by atoms with Crippen LogP contribution in [0.15, 0.2) is 42.5 Å². The van der Waals surface area contributed by atoms with E-state index in [0.29, 0.717) is 22.7 Å². The van der Waals surface area contributed by atoms with Gasteiger partial charge in [0, 0.05) is 17.8 Å². The fourth-order valence-corrected chi connectivity index (χ4v) is 2.52. The van der Waals surface area contributed by atoms with Gasteiger partial charge in [-0.3, -0.25) is 4.79 Å². The lowest BCUT2D eigenvalue weighted by Gasteiger charge is -2.09. The summed E-state index contributed by atoms with van der Waals surface area (Å²) in [5.74, 6) is -0.484. The highest BCUT2D eigenvalue weighted by atomic mass is 19.1. The Bertz CT molecular complexity index is 788. The summed E-state index contributed by atoms with van der Waals surface area (Å²) in [6.45, 7) is 0.232. The van der Waals surface area contributed by atoms with Crippen LogP contribution >= 0.6 is 0 Å². The number of carbonyl (C=O) groups excluding carboxylic acids is 2. The predicted molar refractivity (Wildman–Crippen MR) is 89.2 cm³/mol. The minimum atomic E-state index is -0.521. The maximum absolute atomic E-state index is 13.9. The monoisotopic (exact) mass is 327 g/mol. The molecule has 3 rings (SSSR count). The molecule has 3 amide bonds. The van der Waals surface area contributed by atoms with Crippen molar-refractivity contribution in [3.05, 3.63) is 65.0 Å². The molecule has 0 radical (unpaired) electrons. The van der Waals surface area contributed by atoms with Crippen molar-refractivity contribution in [2.75, 3.05) is 5.32 Å². The van der Waals surface area contributed by atoms with E-state index in [0.717, 1.165) is 18.4 Å². The van der Waals surface area contributed by atoms with Gasteiger partial charge in [0.2, 0.25) is 5.91 Å². The van der Waals surface area contributed by atoms with Crippen molar-refractivity contribution in [1.82, 2.24) is 5.32 Å². The molecular formula is C18H18FN3O2. The summed E-state index contributed by atoms with van der Waals surface area (Å²) >= 11 is 0. The minimum absolute atomic E-state index is 0.232. The second-order valence-corrected chi connectivity index (χ2v) is 5.88. The molecule has 1 aliphatic rings. The normalized spacial score (nSPS) is 13.4. The molecule has 0 spiro atoms. The number of benzene rings is 2. The second-order valence-electron chi connectivity index (χ2n) is 5.88. The first-order valence-corrected chi connectivity index (χ1v) is 7.76. The molecule has 0 aliphatic heterocycles. The van der Waals surface area contributed by atoms with Crippen LogP contribution in [0.2, 0.25) is 0 Å². The molecule has 124 valence electrons. The molecule has 0 unspecified atom stereocenters. The lowest BCUT2D eigenvalue weighted by molar-refractivity contribution is 0.1000. The number of nitrogens with one attached hydrogen (secondary N) is 2. The Morgan fingerprint density at radius 2 is 1.96 bits per heavy atom. The summed E-state index contributed by atoms with van der Waals surface area (Å²) in [5.41, 5.74) is 7.46. The quantitative estimate of drug-likeness (QED) is 0.788. The highest BCUT2D eigenvalue weighted by Gasteiger charge is 2.26. The number of hydrogen-bond donors (Lipinski definition) is 3. The van der Waals surface area contributed by atoms with Gasteiger partial charge in [-0.2, -0.15) is 0 Å². The lowest BCUT2D eigenvalue weighted by Crippen LogP contribution is -2.28. The highest BCUT2D eigenvalue weighted by Crippen LogP contribution is 2.41. The van der Waals surface area contributed by atoms with Crippen LogP contribution < -0.4 is 16.4 Å². The molecule has 1 saturated carbocycles. The number of rotatable bonds is 5. The summed E-state index contributed by atoms with van der Waals surface area (Å²) in [4.78, 5) is 23.0. The predicted octanol–water partition coefficient (Wildman–Crippen LogP) is 3.12. The van der Waals surface area contributed by atoms with Crippen molar-refractivity contribution in [2.24, 2.45) is 5.73 Å². The van der Waals surface area contributed by atoms with Crippen molar-refractivity contribution in [3.63, 3.8) is 0 Å². The Balaban J connectivity index is 1.56. The Kier molecular flexibility index (Phi) is 4.46. The molecule has 2 aromatic rings. The maximum atomic E-state index is 13.9. The van der Waals surface area contributed by atoms with E-state index in [4.69, 9.17) is 5.73 Å². The van der Waals surface area contributed by atoms with Gasteiger partial charge in [0.1, 0.15) is 5.82 Å². The van der Waals surface area contributed by atoms with Gasteiger partial charge in [-0.25, -0.2) is 9.18 Å². The van der Waals surface area contributed by atoms with Crippen LogP contribution in [0.1, 0.15) is 40.2 Å². The average molecular weight is 327 g/mol. The van der Waals surface area contributed by atoms with Gasteiger partial charge >= 0.3 is 6.03 Å². The van der Waals surface area contributed by atoms with Gasteiger partial charge < -0.3 is 16.4 Å². The van der Waals surface area contributed by atoms with E-state index in [9.17, 15) is 14.0 Å². The molecule has 0 bridgehead atoms. The van der Waals surface area contributed by atoms with Crippen LogP contribution in [0.4, 0.5) is 14.9 Å². The summed E-state index contributed by atoms with van der Waals surface area (Å²) < 4.78 is 13.9. The van der Waals surface area contributed by atoms with Crippen LogP contribution in [-0.4, -0.2) is 11.9 Å². The number of amides is 3. The highest BCUT2D eigenvalue weighted by molar-refractivity contribution is 5.93. The number of anilines is 1. The van der Waals surface area contributed by atoms with Crippen molar-refractivity contribution >= 4 is 17.6 Å². The maximum Gasteiger partial charge on any atom is 0.319 e. The van der Waals surface area contributed by atoms with Crippen LogP contribution in [0, 0.1) is 5.82 Å². The van der Waals surface area contributed by atoms with Crippen molar-refractivity contribution in [1.29, 1.82) is 0 Å². The van der Waals surface area contributed by atoms with Crippen molar-refractivity contribution in [3.8, 4) is 0 Å². The van der Waals surface area contributed by atoms with E-state index in [2.05, 4.69) is 10.6 Å². The van der Waals surface area contributed by atoms with Gasteiger partial charge in [0.05, 0.1) is 0 Å². The zero-order chi connectivity index (χ0) is 17.1. The molecule has 6 heteroatoms.